The van der Waals surface area contributed by atoms with Gasteiger partial charge >= 0.3 is 0 Å². The summed E-state index contributed by atoms with van der Waals surface area (Å²) in [6.07, 6.45) is 1.44. The first-order chi connectivity index (χ1) is 13.7. The number of morpholine rings is 1. The average molecular weight is 397 g/mol. The van der Waals surface area contributed by atoms with Gasteiger partial charge in [0.1, 0.15) is 11.6 Å². The first kappa shape index (κ1) is 19.7. The van der Waals surface area contributed by atoms with Crippen molar-refractivity contribution in [2.75, 3.05) is 36.5 Å². The van der Waals surface area contributed by atoms with Gasteiger partial charge in [0, 0.05) is 30.9 Å². The molecule has 2 N–H and O–H groups in total. The van der Waals surface area contributed by atoms with E-state index in [2.05, 4.69) is 15.5 Å². The van der Waals surface area contributed by atoms with Crippen LogP contribution >= 0.6 is 11.6 Å². The topological polar surface area (TPSA) is 77.4 Å². The summed E-state index contributed by atoms with van der Waals surface area (Å²) in [5.74, 6) is -0.436. The summed E-state index contributed by atoms with van der Waals surface area (Å²) in [7, 11) is 0. The summed E-state index contributed by atoms with van der Waals surface area (Å²) in [5, 5.41) is 15.8. The van der Waals surface area contributed by atoms with Gasteiger partial charge in [0.05, 0.1) is 24.6 Å². The van der Waals surface area contributed by atoms with E-state index in [1.165, 1.54) is 6.20 Å². The van der Waals surface area contributed by atoms with Crippen LogP contribution in [0.1, 0.15) is 5.56 Å². The summed E-state index contributed by atoms with van der Waals surface area (Å²) >= 11 is 5.86. The van der Waals surface area contributed by atoms with Gasteiger partial charge in [-0.2, -0.15) is 5.26 Å². The van der Waals surface area contributed by atoms with Crippen molar-refractivity contribution in [2.45, 2.75) is 6.54 Å². The van der Waals surface area contributed by atoms with Gasteiger partial charge in [-0.05, 0) is 29.8 Å². The van der Waals surface area contributed by atoms with Gasteiger partial charge in [0.2, 0.25) is 0 Å². The third-order valence-electron chi connectivity index (χ3n) is 4.36. The van der Waals surface area contributed by atoms with Crippen LogP contribution in [0.4, 0.5) is 11.4 Å². The Morgan fingerprint density at radius 1 is 1.18 bits per heavy atom. The quantitative estimate of drug-likeness (QED) is 0.578. The average Bonchev–Trinajstić information content (AvgIpc) is 2.74. The van der Waals surface area contributed by atoms with E-state index in [0.717, 1.165) is 30.0 Å². The van der Waals surface area contributed by atoms with Crippen LogP contribution in [-0.4, -0.2) is 32.2 Å². The fourth-order valence-electron chi connectivity index (χ4n) is 2.85. The number of hydrogen-bond donors (Lipinski definition) is 2. The Kier molecular flexibility index (Phi) is 6.90. The van der Waals surface area contributed by atoms with E-state index in [1.54, 1.807) is 12.1 Å². The number of amides is 1. The van der Waals surface area contributed by atoms with Crippen LogP contribution in [0.5, 0.6) is 0 Å². The smallest absolute Gasteiger partial charge is 0.263 e. The minimum absolute atomic E-state index is 0.00532. The van der Waals surface area contributed by atoms with Crippen LogP contribution in [0.15, 0.2) is 60.3 Å². The SMILES string of the molecule is N#C/C(=C/Nc1ccccc1N1CCOCC1)C(=O)NCc1ccc(Cl)cc1. The van der Waals surface area contributed by atoms with Crippen molar-refractivity contribution in [2.24, 2.45) is 0 Å². The standard InChI is InChI=1S/C21H21ClN4O2/c22-18-7-5-16(6-8-18)14-25-21(27)17(13-23)15-24-19-3-1-2-4-20(19)26-9-11-28-12-10-26/h1-8,15,24H,9-12,14H2,(H,25,27)/b17-15-. The van der Waals surface area contributed by atoms with Crippen molar-refractivity contribution in [3.63, 3.8) is 0 Å². The number of carbonyl (C=O) groups excluding carboxylic acids is 1. The Balaban J connectivity index is 1.65. The molecule has 0 atom stereocenters. The van der Waals surface area contributed by atoms with Crippen molar-refractivity contribution in [1.82, 2.24) is 5.32 Å². The summed E-state index contributed by atoms with van der Waals surface area (Å²) in [6, 6.07) is 16.9. The Morgan fingerprint density at radius 2 is 1.89 bits per heavy atom. The lowest BCUT2D eigenvalue weighted by molar-refractivity contribution is -0.117. The molecule has 0 unspecified atom stereocenters. The Labute approximate surface area is 169 Å². The fourth-order valence-corrected chi connectivity index (χ4v) is 2.98. The number of para-hydroxylation sites is 2. The van der Waals surface area contributed by atoms with E-state index in [0.29, 0.717) is 24.8 Å². The molecule has 0 saturated carbocycles. The van der Waals surface area contributed by atoms with Gasteiger partial charge in [-0.1, -0.05) is 35.9 Å². The number of ether oxygens (including phenoxy) is 1. The number of anilines is 2. The molecule has 2 aromatic rings. The Bertz CT molecular complexity index is 884. The van der Waals surface area contributed by atoms with Gasteiger partial charge in [-0.25, -0.2) is 0 Å². The second kappa shape index (κ2) is 9.79. The van der Waals surface area contributed by atoms with Crippen molar-refractivity contribution < 1.29 is 9.53 Å². The molecule has 28 heavy (non-hydrogen) atoms. The lowest BCUT2D eigenvalue weighted by Crippen LogP contribution is -2.36. The number of nitrogens with zero attached hydrogens (tertiary/aromatic N) is 2. The van der Waals surface area contributed by atoms with Crippen molar-refractivity contribution in [3.8, 4) is 6.07 Å². The molecule has 3 rings (SSSR count). The van der Waals surface area contributed by atoms with Crippen LogP contribution in [0.2, 0.25) is 5.02 Å². The number of hydrogen-bond acceptors (Lipinski definition) is 5. The Morgan fingerprint density at radius 3 is 2.61 bits per heavy atom. The van der Waals surface area contributed by atoms with Crippen LogP contribution in [-0.2, 0) is 16.1 Å². The summed E-state index contributed by atoms with van der Waals surface area (Å²) in [6.45, 7) is 3.28. The molecular weight excluding hydrogens is 376 g/mol. The second-order valence-corrected chi connectivity index (χ2v) is 6.68. The maximum atomic E-state index is 12.3. The minimum Gasteiger partial charge on any atom is -0.378 e. The van der Waals surface area contributed by atoms with E-state index < -0.39 is 5.91 Å². The van der Waals surface area contributed by atoms with Gasteiger partial charge < -0.3 is 20.3 Å². The number of rotatable bonds is 6. The van der Waals surface area contributed by atoms with Gasteiger partial charge in [0.15, 0.2) is 0 Å². The zero-order valence-corrected chi connectivity index (χ0v) is 16.1. The molecule has 1 heterocycles. The predicted octanol–water partition coefficient (Wildman–Crippen LogP) is 3.31. The number of nitriles is 1. The van der Waals surface area contributed by atoms with E-state index >= 15 is 0 Å². The fraction of sp³-hybridized carbons (Fsp3) is 0.238. The number of nitrogens with one attached hydrogen (secondary N) is 2. The molecule has 0 bridgehead atoms. The van der Waals surface area contributed by atoms with Crippen LogP contribution in [0.25, 0.3) is 0 Å². The molecule has 6 nitrogen and oxygen atoms in total. The van der Waals surface area contributed by atoms with Gasteiger partial charge in [-0.15, -0.1) is 0 Å². The first-order valence-electron chi connectivity index (χ1n) is 8.98. The zero-order valence-electron chi connectivity index (χ0n) is 15.3. The van der Waals surface area contributed by atoms with Crippen molar-refractivity contribution in [3.05, 3.63) is 70.9 Å². The molecular formula is C21H21ClN4O2. The maximum absolute atomic E-state index is 12.3. The lowest BCUT2D eigenvalue weighted by Gasteiger charge is -2.30. The van der Waals surface area contributed by atoms with E-state index in [4.69, 9.17) is 16.3 Å². The van der Waals surface area contributed by atoms with E-state index in [1.807, 2.05) is 42.5 Å². The predicted molar refractivity (Wildman–Crippen MR) is 110 cm³/mol. The van der Waals surface area contributed by atoms with Crippen LogP contribution in [0, 0.1) is 11.3 Å². The third-order valence-corrected chi connectivity index (χ3v) is 4.61. The highest BCUT2D eigenvalue weighted by molar-refractivity contribution is 6.30. The number of halogens is 1. The molecule has 144 valence electrons. The third kappa shape index (κ3) is 5.26. The Hall–Kier alpha value is -3.01. The number of carbonyl (C=O) groups is 1. The van der Waals surface area contributed by atoms with Crippen LogP contribution in [0.3, 0.4) is 0 Å². The molecule has 2 aromatic carbocycles. The molecule has 0 radical (unpaired) electrons. The molecule has 1 saturated heterocycles. The highest BCUT2D eigenvalue weighted by atomic mass is 35.5. The van der Waals surface area contributed by atoms with Crippen molar-refractivity contribution >= 4 is 28.9 Å². The van der Waals surface area contributed by atoms with Crippen molar-refractivity contribution in [1.29, 1.82) is 5.26 Å². The molecule has 1 amide bonds. The summed E-state index contributed by atoms with van der Waals surface area (Å²) < 4.78 is 5.40. The first-order valence-corrected chi connectivity index (χ1v) is 9.36. The van der Waals surface area contributed by atoms with Gasteiger partial charge in [-0.3, -0.25) is 4.79 Å². The molecule has 1 aliphatic heterocycles. The van der Waals surface area contributed by atoms with Crippen LogP contribution < -0.4 is 15.5 Å². The largest absolute Gasteiger partial charge is 0.378 e. The second-order valence-electron chi connectivity index (χ2n) is 6.24. The highest BCUT2D eigenvalue weighted by Crippen LogP contribution is 2.26. The summed E-state index contributed by atoms with van der Waals surface area (Å²) in [5.41, 5.74) is 2.76. The molecule has 0 spiro atoms. The monoisotopic (exact) mass is 396 g/mol. The highest BCUT2D eigenvalue weighted by Gasteiger charge is 2.14. The molecule has 7 heteroatoms. The minimum atomic E-state index is -0.436. The van der Waals surface area contributed by atoms with E-state index in [9.17, 15) is 10.1 Å². The molecule has 1 fully saturated rings. The number of benzene rings is 2. The van der Waals surface area contributed by atoms with Gasteiger partial charge in [0.25, 0.3) is 5.91 Å². The normalized spacial score (nSPS) is 14.3. The summed E-state index contributed by atoms with van der Waals surface area (Å²) in [4.78, 5) is 14.5. The zero-order chi connectivity index (χ0) is 19.8. The molecule has 1 aliphatic rings. The molecule has 0 aromatic heterocycles. The lowest BCUT2D eigenvalue weighted by atomic mass is 10.2. The molecule has 0 aliphatic carbocycles. The maximum Gasteiger partial charge on any atom is 0.263 e. The van der Waals surface area contributed by atoms with E-state index in [-0.39, 0.29) is 5.57 Å².